The summed E-state index contributed by atoms with van der Waals surface area (Å²) in [5.74, 6) is 2.33. The average molecular weight is 202 g/mol. The Hall–Kier alpha value is -1.79. The highest BCUT2D eigenvalue weighted by Gasteiger charge is 2.16. The van der Waals surface area contributed by atoms with Crippen LogP contribution in [0.4, 0.5) is 5.69 Å². The van der Waals surface area contributed by atoms with Gasteiger partial charge < -0.3 is 5.32 Å². The van der Waals surface area contributed by atoms with Gasteiger partial charge in [-0.3, -0.25) is 4.48 Å². The van der Waals surface area contributed by atoms with Crippen LogP contribution in [-0.4, -0.2) is 31.5 Å². The van der Waals surface area contributed by atoms with Gasteiger partial charge in [0.1, 0.15) is 0 Å². The van der Waals surface area contributed by atoms with E-state index >= 15 is 0 Å². The summed E-state index contributed by atoms with van der Waals surface area (Å²) in [6, 6.07) is 11.9. The third-order valence-corrected chi connectivity index (χ3v) is 1.71. The van der Waals surface area contributed by atoms with Crippen LogP contribution in [0.5, 0.6) is 0 Å². The zero-order chi connectivity index (χ0) is 11.3. The summed E-state index contributed by atoms with van der Waals surface area (Å²) in [6.45, 7) is 0. The molecule has 3 heteroatoms. The molecule has 1 aromatic rings. The molecule has 0 aliphatic heterocycles. The summed E-state index contributed by atoms with van der Waals surface area (Å²) in [5.41, 5.74) is 0.763. The second-order valence-electron chi connectivity index (χ2n) is 4.00. The van der Waals surface area contributed by atoms with Gasteiger partial charge in [0.15, 0.2) is 0 Å². The van der Waals surface area contributed by atoms with Crippen molar-refractivity contribution < 1.29 is 9.28 Å². The lowest BCUT2D eigenvalue weighted by Gasteiger charge is -2.17. The minimum absolute atomic E-state index is 0.158. The van der Waals surface area contributed by atoms with Gasteiger partial charge in [-0.2, -0.15) is 6.04 Å². The molecule has 0 unspecified atom stereocenters. The van der Waals surface area contributed by atoms with E-state index in [9.17, 15) is 4.79 Å². The molecular weight excluding hydrogens is 188 g/mol. The van der Waals surface area contributed by atoms with E-state index in [1.165, 1.54) is 0 Å². The summed E-state index contributed by atoms with van der Waals surface area (Å²) in [5, 5.41) is 3.97. The lowest BCUT2D eigenvalue weighted by molar-refractivity contribution is -0.788. The highest BCUT2D eigenvalue weighted by Crippen LogP contribution is 2.14. The van der Waals surface area contributed by atoms with E-state index in [1.54, 1.807) is 21.1 Å². The first kappa shape index (κ1) is 11.3. The third-order valence-electron chi connectivity index (χ3n) is 1.71. The number of hydrogen-bond donors (Lipinski definition) is 0. The number of hydrogen-bond acceptors (Lipinski definition) is 1. The Morgan fingerprint density at radius 2 is 1.80 bits per heavy atom. The summed E-state index contributed by atoms with van der Waals surface area (Å²) in [4.78, 5) is 11.4. The van der Waals surface area contributed by atoms with Gasteiger partial charge in [0.05, 0.1) is 21.1 Å². The van der Waals surface area contributed by atoms with E-state index in [0.717, 1.165) is 5.69 Å². The van der Waals surface area contributed by atoms with Crippen molar-refractivity contribution in [3.05, 3.63) is 35.6 Å². The second-order valence-corrected chi connectivity index (χ2v) is 4.00. The first-order chi connectivity index (χ1) is 7.00. The Morgan fingerprint density at radius 1 is 1.20 bits per heavy atom. The highest BCUT2D eigenvalue weighted by molar-refractivity contribution is 5.88. The first-order valence-corrected chi connectivity index (χ1v) is 4.63. The maximum atomic E-state index is 11.4. The standard InChI is InChI=1S/C12H14N2O/c1-14(2,3)12(15)9-10-13-11-7-5-4-6-8-11/h4-8H,1-3H3. The molecule has 0 atom stereocenters. The van der Waals surface area contributed by atoms with Crippen LogP contribution in [0.25, 0.3) is 5.32 Å². The van der Waals surface area contributed by atoms with Gasteiger partial charge in [0, 0.05) is 5.92 Å². The Kier molecular flexibility index (Phi) is 3.48. The minimum atomic E-state index is -0.158. The number of benzene rings is 1. The number of quaternary nitrogens is 1. The van der Waals surface area contributed by atoms with Crippen LogP contribution in [0.2, 0.25) is 0 Å². The van der Waals surface area contributed by atoms with Gasteiger partial charge >= 0.3 is 5.91 Å². The maximum absolute atomic E-state index is 11.4. The van der Waals surface area contributed by atoms with Gasteiger partial charge in [-0.25, -0.2) is 4.79 Å². The summed E-state index contributed by atoms with van der Waals surface area (Å²) >= 11 is 0. The molecule has 0 aliphatic rings. The lowest BCUT2D eigenvalue weighted by atomic mass is 10.3. The molecule has 1 rings (SSSR count). The molecule has 0 heterocycles. The number of para-hydroxylation sites is 1. The Labute approximate surface area is 90.3 Å². The SMILES string of the molecule is C[N+](C)(C)C(=O)C#C[N-]c1ccccc1. The number of carbonyl (C=O) groups is 1. The lowest BCUT2D eigenvalue weighted by Crippen LogP contribution is -2.40. The van der Waals surface area contributed by atoms with Crippen LogP contribution in [0.3, 0.4) is 0 Å². The Bertz CT molecular complexity index is 393. The van der Waals surface area contributed by atoms with E-state index in [-0.39, 0.29) is 10.4 Å². The van der Waals surface area contributed by atoms with E-state index in [4.69, 9.17) is 0 Å². The molecule has 0 aliphatic carbocycles. The van der Waals surface area contributed by atoms with Gasteiger partial charge in [0.2, 0.25) is 0 Å². The van der Waals surface area contributed by atoms with Gasteiger partial charge in [-0.15, -0.1) is 5.69 Å². The molecule has 0 saturated heterocycles. The summed E-state index contributed by atoms with van der Waals surface area (Å²) < 4.78 is 0.192. The first-order valence-electron chi connectivity index (χ1n) is 4.63. The molecule has 0 spiro atoms. The van der Waals surface area contributed by atoms with Crippen molar-refractivity contribution in [1.29, 1.82) is 0 Å². The van der Waals surface area contributed by atoms with E-state index in [2.05, 4.69) is 17.3 Å². The monoisotopic (exact) mass is 202 g/mol. The number of rotatable bonds is 1. The molecule has 1 amide bonds. The third kappa shape index (κ3) is 3.84. The van der Waals surface area contributed by atoms with Gasteiger partial charge in [-0.1, -0.05) is 30.3 Å². The average Bonchev–Trinajstić information content (AvgIpc) is 2.18. The molecule has 3 nitrogen and oxygen atoms in total. The normalized spacial score (nSPS) is 10.1. The number of nitrogens with zero attached hydrogens (tertiary/aromatic N) is 2. The molecule has 0 saturated carbocycles. The molecule has 0 bridgehead atoms. The zero-order valence-corrected chi connectivity index (χ0v) is 9.19. The van der Waals surface area contributed by atoms with Crippen molar-refractivity contribution in [2.24, 2.45) is 0 Å². The topological polar surface area (TPSA) is 31.2 Å². The van der Waals surface area contributed by atoms with E-state index in [0.29, 0.717) is 0 Å². The predicted octanol–water partition coefficient (Wildman–Crippen LogP) is 1.89. The predicted molar refractivity (Wildman–Crippen MR) is 60.3 cm³/mol. The molecule has 0 aromatic heterocycles. The van der Waals surface area contributed by atoms with E-state index in [1.807, 2.05) is 30.3 Å². The van der Waals surface area contributed by atoms with Gasteiger partial charge in [-0.05, 0) is 0 Å². The zero-order valence-electron chi connectivity index (χ0n) is 9.19. The quantitative estimate of drug-likeness (QED) is 0.505. The molecular formula is C12H14N2O. The molecule has 1 aromatic carbocycles. The van der Waals surface area contributed by atoms with Crippen molar-refractivity contribution in [3.8, 4) is 12.0 Å². The summed E-state index contributed by atoms with van der Waals surface area (Å²) in [6.07, 6.45) is 0. The van der Waals surface area contributed by atoms with E-state index < -0.39 is 0 Å². The highest BCUT2D eigenvalue weighted by atomic mass is 16.2. The Balaban J connectivity index is 2.59. The molecule has 0 N–H and O–H groups in total. The van der Waals surface area contributed by atoms with Crippen molar-refractivity contribution in [2.45, 2.75) is 0 Å². The number of carbonyl (C=O) groups excluding carboxylic acids is 1. The van der Waals surface area contributed by atoms with Crippen LogP contribution in [0, 0.1) is 12.0 Å². The van der Waals surface area contributed by atoms with Crippen LogP contribution in [0.1, 0.15) is 0 Å². The van der Waals surface area contributed by atoms with Crippen molar-refractivity contribution >= 4 is 11.6 Å². The maximum Gasteiger partial charge on any atom is 0.389 e. The van der Waals surface area contributed by atoms with Crippen molar-refractivity contribution in [3.63, 3.8) is 0 Å². The Morgan fingerprint density at radius 3 is 2.33 bits per heavy atom. The number of amides is 1. The van der Waals surface area contributed by atoms with Crippen LogP contribution < -0.4 is 0 Å². The molecule has 0 fully saturated rings. The molecule has 15 heavy (non-hydrogen) atoms. The van der Waals surface area contributed by atoms with Crippen LogP contribution >= 0.6 is 0 Å². The molecule has 78 valence electrons. The van der Waals surface area contributed by atoms with Crippen LogP contribution in [0.15, 0.2) is 30.3 Å². The van der Waals surface area contributed by atoms with Gasteiger partial charge in [0.25, 0.3) is 0 Å². The van der Waals surface area contributed by atoms with Crippen molar-refractivity contribution in [1.82, 2.24) is 0 Å². The second kappa shape index (κ2) is 4.63. The fourth-order valence-corrected chi connectivity index (χ4v) is 0.811. The fraction of sp³-hybridized carbons (Fsp3) is 0.250. The fourth-order valence-electron chi connectivity index (χ4n) is 0.811. The summed E-state index contributed by atoms with van der Waals surface area (Å²) in [7, 11) is 5.33. The van der Waals surface area contributed by atoms with Crippen LogP contribution in [-0.2, 0) is 4.79 Å². The van der Waals surface area contributed by atoms with Crippen molar-refractivity contribution in [2.75, 3.05) is 21.1 Å². The minimum Gasteiger partial charge on any atom is -0.616 e. The largest absolute Gasteiger partial charge is 0.616 e. The molecule has 0 radical (unpaired) electrons. The smallest absolute Gasteiger partial charge is 0.389 e.